The van der Waals surface area contributed by atoms with Crippen LogP contribution in [-0.2, 0) is 6.54 Å². The number of hydrogen-bond donors (Lipinski definition) is 2. The van der Waals surface area contributed by atoms with Gasteiger partial charge < -0.3 is 16.4 Å². The predicted octanol–water partition coefficient (Wildman–Crippen LogP) is 3.57. The summed E-state index contributed by atoms with van der Waals surface area (Å²) in [6.07, 6.45) is 0. The van der Waals surface area contributed by atoms with E-state index in [0.717, 1.165) is 29.2 Å². The molecular formula is C13H25Cl3N4S. The smallest absolute Gasteiger partial charge is 0.159 e. The van der Waals surface area contributed by atoms with E-state index in [1.165, 1.54) is 0 Å². The molecule has 0 atom stereocenters. The Labute approximate surface area is 150 Å². The molecule has 0 radical (unpaired) electrons. The fraction of sp³-hybridized carbons (Fsp3) is 0.462. The zero-order valence-corrected chi connectivity index (χ0v) is 15.8. The molecule has 0 saturated heterocycles. The molecule has 0 spiro atoms. The molecule has 0 aliphatic carbocycles. The minimum Gasteiger partial charge on any atom is -0.378 e. The molecule has 1 rings (SSSR count). The van der Waals surface area contributed by atoms with E-state index in [4.69, 9.17) is 11.5 Å². The van der Waals surface area contributed by atoms with Crippen molar-refractivity contribution in [3.05, 3.63) is 23.8 Å². The maximum Gasteiger partial charge on any atom is 0.159 e. The minimum absolute atomic E-state index is 0. The molecule has 1 aromatic carbocycles. The van der Waals surface area contributed by atoms with Gasteiger partial charge in [0.25, 0.3) is 0 Å². The van der Waals surface area contributed by atoms with E-state index in [9.17, 15) is 0 Å². The highest BCUT2D eigenvalue weighted by Crippen LogP contribution is 2.25. The summed E-state index contributed by atoms with van der Waals surface area (Å²) in [6, 6.07) is 6.03. The number of hydrogen-bond acceptors (Lipinski definition) is 4. The van der Waals surface area contributed by atoms with Gasteiger partial charge in [-0.3, -0.25) is 0 Å². The normalized spacial score (nSPS) is 10.0. The summed E-state index contributed by atoms with van der Waals surface area (Å²) in [6.45, 7) is 5.62. The first-order chi connectivity index (χ1) is 8.62. The summed E-state index contributed by atoms with van der Waals surface area (Å²) in [4.78, 5) is 6.53. The second-order valence-corrected chi connectivity index (χ2v) is 5.20. The number of benzene rings is 1. The van der Waals surface area contributed by atoms with Gasteiger partial charge in [0.15, 0.2) is 5.17 Å². The van der Waals surface area contributed by atoms with E-state index in [-0.39, 0.29) is 37.2 Å². The van der Waals surface area contributed by atoms with Crippen molar-refractivity contribution in [1.29, 1.82) is 0 Å². The molecule has 0 heterocycles. The Hall–Kier alpha value is -0.330. The van der Waals surface area contributed by atoms with E-state index in [2.05, 4.69) is 36.9 Å². The van der Waals surface area contributed by atoms with Gasteiger partial charge in [-0.05, 0) is 36.4 Å². The van der Waals surface area contributed by atoms with Gasteiger partial charge in [-0.25, -0.2) is 4.99 Å². The number of amidine groups is 1. The summed E-state index contributed by atoms with van der Waals surface area (Å²) in [5.74, 6) is 0.926. The van der Waals surface area contributed by atoms with Crippen LogP contribution in [0.3, 0.4) is 0 Å². The van der Waals surface area contributed by atoms with E-state index in [1.807, 2.05) is 12.1 Å². The van der Waals surface area contributed by atoms with Crippen molar-refractivity contribution in [3.8, 4) is 0 Å². The quantitative estimate of drug-likeness (QED) is 0.610. The average Bonchev–Trinajstić information content (AvgIpc) is 2.38. The highest BCUT2D eigenvalue weighted by molar-refractivity contribution is 8.13. The fourth-order valence-corrected chi connectivity index (χ4v) is 2.12. The van der Waals surface area contributed by atoms with E-state index in [1.54, 1.807) is 11.8 Å². The summed E-state index contributed by atoms with van der Waals surface area (Å²) in [5.41, 5.74) is 14.7. The van der Waals surface area contributed by atoms with Gasteiger partial charge in [-0.1, -0.05) is 18.7 Å². The topological polar surface area (TPSA) is 67.6 Å². The zero-order valence-electron chi connectivity index (χ0n) is 12.5. The first-order valence-corrected chi connectivity index (χ1v) is 7.12. The van der Waals surface area contributed by atoms with Crippen LogP contribution in [0.1, 0.15) is 19.4 Å². The molecule has 1 aromatic rings. The number of thioether (sulfide) groups is 1. The molecule has 0 unspecified atom stereocenters. The summed E-state index contributed by atoms with van der Waals surface area (Å²) in [5, 5.41) is 0.595. The van der Waals surface area contributed by atoms with Crippen molar-refractivity contribution < 1.29 is 0 Å². The Morgan fingerprint density at radius 3 is 2.33 bits per heavy atom. The lowest BCUT2D eigenvalue weighted by Gasteiger charge is -2.20. The molecular weight excluding hydrogens is 351 g/mol. The largest absolute Gasteiger partial charge is 0.378 e. The van der Waals surface area contributed by atoms with Gasteiger partial charge >= 0.3 is 0 Å². The van der Waals surface area contributed by atoms with Crippen LogP contribution in [0.5, 0.6) is 0 Å². The van der Waals surface area contributed by atoms with E-state index in [0.29, 0.717) is 11.7 Å². The summed E-state index contributed by atoms with van der Waals surface area (Å²) >= 11 is 1.54. The first-order valence-electron chi connectivity index (χ1n) is 6.13. The maximum atomic E-state index is 5.80. The zero-order chi connectivity index (χ0) is 13.5. The van der Waals surface area contributed by atoms with Crippen LogP contribution >= 0.6 is 49.0 Å². The average molecular weight is 376 g/mol. The minimum atomic E-state index is 0. The van der Waals surface area contributed by atoms with Crippen LogP contribution in [-0.4, -0.2) is 24.5 Å². The Balaban J connectivity index is -0.00000108. The van der Waals surface area contributed by atoms with Gasteiger partial charge in [0.05, 0.1) is 5.69 Å². The predicted molar refractivity (Wildman–Crippen MR) is 104 cm³/mol. The van der Waals surface area contributed by atoms with Crippen molar-refractivity contribution >= 4 is 65.5 Å². The van der Waals surface area contributed by atoms with Crippen LogP contribution in [0.2, 0.25) is 0 Å². The molecule has 0 aliphatic heterocycles. The van der Waals surface area contributed by atoms with Gasteiger partial charge in [0.1, 0.15) is 0 Å². The summed E-state index contributed by atoms with van der Waals surface area (Å²) < 4.78 is 0. The van der Waals surface area contributed by atoms with Crippen LogP contribution < -0.4 is 16.4 Å². The number of anilines is 1. The third-order valence-electron chi connectivity index (χ3n) is 2.70. The molecule has 4 nitrogen and oxygen atoms in total. The van der Waals surface area contributed by atoms with Gasteiger partial charge in [0, 0.05) is 25.8 Å². The lowest BCUT2D eigenvalue weighted by Crippen LogP contribution is -2.18. The molecule has 0 aromatic heterocycles. The summed E-state index contributed by atoms with van der Waals surface area (Å²) in [7, 11) is 2.05. The van der Waals surface area contributed by atoms with Crippen molar-refractivity contribution in [2.45, 2.75) is 20.4 Å². The third kappa shape index (κ3) is 8.02. The SMILES string of the molecule is CCSC(N)=Nc1ccc(N(C)CC)c(CN)c1.Cl.Cl.Cl. The van der Waals surface area contributed by atoms with Gasteiger partial charge in [-0.15, -0.1) is 37.2 Å². The number of rotatable bonds is 5. The second kappa shape index (κ2) is 13.3. The molecule has 124 valence electrons. The Kier molecular flexibility index (Phi) is 16.3. The Morgan fingerprint density at radius 2 is 1.86 bits per heavy atom. The Morgan fingerprint density at radius 1 is 1.24 bits per heavy atom. The fourth-order valence-electron chi connectivity index (χ4n) is 1.66. The molecule has 0 amide bonds. The van der Waals surface area contributed by atoms with Crippen molar-refractivity contribution in [3.63, 3.8) is 0 Å². The van der Waals surface area contributed by atoms with Crippen molar-refractivity contribution in [2.24, 2.45) is 16.5 Å². The lowest BCUT2D eigenvalue weighted by molar-refractivity contribution is 0.941. The van der Waals surface area contributed by atoms with Crippen LogP contribution in [0, 0.1) is 0 Å². The van der Waals surface area contributed by atoms with E-state index < -0.39 is 0 Å². The van der Waals surface area contributed by atoms with Crippen LogP contribution in [0.15, 0.2) is 23.2 Å². The third-order valence-corrected chi connectivity index (χ3v) is 3.38. The molecule has 8 heteroatoms. The first kappa shape index (κ1) is 25.6. The van der Waals surface area contributed by atoms with Crippen LogP contribution in [0.25, 0.3) is 0 Å². The molecule has 0 fully saturated rings. The second-order valence-electron chi connectivity index (χ2n) is 3.91. The standard InChI is InChI=1S/C13H22N4S.3ClH/c1-4-17(3)12-7-6-11(8-10(12)9-14)16-13(15)18-5-2;;;/h6-8H,4-5,9,14H2,1-3H3,(H2,15,16);3*1H. The Bertz CT molecular complexity index is 430. The van der Waals surface area contributed by atoms with Crippen LogP contribution in [0.4, 0.5) is 11.4 Å². The molecule has 21 heavy (non-hydrogen) atoms. The monoisotopic (exact) mass is 374 g/mol. The lowest BCUT2D eigenvalue weighted by atomic mass is 10.1. The van der Waals surface area contributed by atoms with Crippen molar-refractivity contribution in [1.82, 2.24) is 0 Å². The van der Waals surface area contributed by atoms with Gasteiger partial charge in [-0.2, -0.15) is 0 Å². The maximum absolute atomic E-state index is 5.80. The number of nitrogens with zero attached hydrogens (tertiary/aromatic N) is 2. The molecule has 4 N–H and O–H groups in total. The highest BCUT2D eigenvalue weighted by atomic mass is 35.5. The number of halogens is 3. The van der Waals surface area contributed by atoms with Crippen molar-refractivity contribution in [2.75, 3.05) is 24.2 Å². The van der Waals surface area contributed by atoms with Gasteiger partial charge in [0.2, 0.25) is 0 Å². The molecule has 0 saturated carbocycles. The highest BCUT2D eigenvalue weighted by Gasteiger charge is 2.06. The molecule has 0 aliphatic rings. The number of aliphatic imine (C=N–C) groups is 1. The molecule has 0 bridgehead atoms. The number of nitrogens with two attached hydrogens (primary N) is 2. The van der Waals surface area contributed by atoms with E-state index >= 15 is 0 Å².